The smallest absolute Gasteiger partial charge is 0.269 e. The van der Waals surface area contributed by atoms with Crippen molar-refractivity contribution in [3.8, 4) is 50.3 Å². The van der Waals surface area contributed by atoms with Gasteiger partial charge in [-0.05, 0) is 166 Å². The Morgan fingerprint density at radius 2 is 0.518 bits per heavy atom. The van der Waals surface area contributed by atoms with Crippen molar-refractivity contribution in [1.29, 1.82) is 0 Å². The molecule has 0 amide bonds. The lowest BCUT2D eigenvalue weighted by Gasteiger charge is -2.26. The van der Waals surface area contributed by atoms with Gasteiger partial charge in [-0.1, -0.05) is 176 Å². The van der Waals surface area contributed by atoms with Gasteiger partial charge in [-0.2, -0.15) is 0 Å². The minimum atomic E-state index is -0.384. The Morgan fingerprint density at radius 1 is 0.277 bits per heavy atom. The molecule has 0 radical (unpaired) electrons. The molecule has 8 heteroatoms. The van der Waals surface area contributed by atoms with Crippen LogP contribution in [-0.2, 0) is 0 Å². The Morgan fingerprint density at radius 3 is 0.819 bits per heavy atom. The van der Waals surface area contributed by atoms with Gasteiger partial charge < -0.3 is 24.3 Å². The zero-order valence-electron chi connectivity index (χ0n) is 46.5. The monoisotopic (exact) mass is 1080 g/mol. The number of methoxy groups -OCH3 is 1. The third-order valence-electron chi connectivity index (χ3n) is 14.8. The summed E-state index contributed by atoms with van der Waals surface area (Å²) >= 11 is 0. The van der Waals surface area contributed by atoms with Crippen LogP contribution in [0.25, 0.3) is 44.5 Å². The lowest BCUT2D eigenvalue weighted by Crippen LogP contribution is -2.09. The Labute approximate surface area is 486 Å². The molecule has 0 saturated heterocycles. The van der Waals surface area contributed by atoms with Gasteiger partial charge >= 0.3 is 0 Å². The molecule has 8 nitrogen and oxygen atoms in total. The van der Waals surface area contributed by atoms with Gasteiger partial charge in [0.1, 0.15) is 5.75 Å². The van der Waals surface area contributed by atoms with E-state index in [1.165, 1.54) is 45.5 Å². The van der Waals surface area contributed by atoms with E-state index in [4.69, 9.17) is 4.74 Å². The van der Waals surface area contributed by atoms with E-state index in [1.807, 2.05) is 48.3 Å². The average Bonchev–Trinajstić information content (AvgIpc) is 3.58. The number of benzene rings is 12. The summed E-state index contributed by atoms with van der Waals surface area (Å²) in [5.41, 5.74) is 20.2. The van der Waals surface area contributed by atoms with Crippen molar-refractivity contribution in [2.45, 2.75) is 0 Å². The van der Waals surface area contributed by atoms with Crippen molar-refractivity contribution >= 4 is 62.6 Å². The van der Waals surface area contributed by atoms with Crippen LogP contribution < -0.4 is 24.3 Å². The summed E-state index contributed by atoms with van der Waals surface area (Å²) in [7, 11) is 5.72. The maximum absolute atomic E-state index is 11.0. The highest BCUT2D eigenvalue weighted by Crippen LogP contribution is 2.40. The maximum atomic E-state index is 11.0. The molecule has 0 aliphatic rings. The van der Waals surface area contributed by atoms with Crippen molar-refractivity contribution in [3.63, 3.8) is 0 Å². The second-order valence-electron chi connectivity index (χ2n) is 19.9. The van der Waals surface area contributed by atoms with E-state index in [1.54, 1.807) is 19.2 Å². The van der Waals surface area contributed by atoms with Crippen LogP contribution in [0.4, 0.5) is 62.6 Å². The maximum Gasteiger partial charge on any atom is 0.269 e. The number of para-hydroxylation sites is 2. The molecule has 0 N–H and O–H groups in total. The Hall–Kier alpha value is -11.0. The Bertz CT molecular complexity index is 4000. The molecular weight excluding hydrogens is 1020 g/mol. The van der Waals surface area contributed by atoms with Crippen molar-refractivity contribution in [3.05, 3.63) is 326 Å². The summed E-state index contributed by atoms with van der Waals surface area (Å²) in [6.07, 6.45) is 0. The number of hydrogen-bond acceptors (Lipinski definition) is 7. The summed E-state index contributed by atoms with van der Waals surface area (Å²) in [6, 6.07) is 108. The second kappa shape index (κ2) is 25.4. The first-order chi connectivity index (χ1) is 40.8. The topological polar surface area (TPSA) is 65.3 Å². The van der Waals surface area contributed by atoms with Crippen LogP contribution in [-0.4, -0.2) is 26.1 Å². The van der Waals surface area contributed by atoms with E-state index < -0.39 is 0 Å². The van der Waals surface area contributed by atoms with Gasteiger partial charge in [0.2, 0.25) is 0 Å². The van der Waals surface area contributed by atoms with Crippen LogP contribution in [0.15, 0.2) is 315 Å². The van der Waals surface area contributed by atoms with Gasteiger partial charge in [0, 0.05) is 89.2 Å². The molecule has 0 aliphatic carbocycles. The van der Waals surface area contributed by atoms with E-state index in [0.29, 0.717) is 0 Å². The molecule has 0 spiro atoms. The van der Waals surface area contributed by atoms with E-state index in [0.717, 1.165) is 73.8 Å². The predicted molar refractivity (Wildman–Crippen MR) is 346 cm³/mol. The van der Waals surface area contributed by atoms with Crippen molar-refractivity contribution in [1.82, 2.24) is 0 Å². The molecule has 0 unspecified atom stereocenters. The third-order valence-corrected chi connectivity index (χ3v) is 14.8. The third kappa shape index (κ3) is 12.7. The number of nitro benzene ring substituents is 1. The SMILES string of the molecule is CN(c1ccc(-c2ccc(N(c3ccccc3)c3ccc(-c4ccccc4)cc3)cc2)cc1)c1ccc([N+](=O)[O-])cc1.COc1cccc(N(C)c2ccc(-c3ccc(N(c4ccccc4)c4ccc(-c5ccccc5)cc4)cc3)cc2)c1. The molecule has 83 heavy (non-hydrogen) atoms. The first kappa shape index (κ1) is 54.0. The first-order valence-corrected chi connectivity index (χ1v) is 27.5. The lowest BCUT2D eigenvalue weighted by molar-refractivity contribution is -0.384. The molecule has 12 aromatic rings. The van der Waals surface area contributed by atoms with Crippen LogP contribution in [0.3, 0.4) is 0 Å². The molecule has 0 fully saturated rings. The summed E-state index contributed by atoms with van der Waals surface area (Å²) in [4.78, 5) is 19.3. The van der Waals surface area contributed by atoms with Gasteiger partial charge in [0.05, 0.1) is 12.0 Å². The molecular formula is C75H61N5O3. The van der Waals surface area contributed by atoms with E-state index >= 15 is 0 Å². The Kier molecular flexibility index (Phi) is 16.6. The predicted octanol–water partition coefficient (Wildman–Crippen LogP) is 20.4. The highest BCUT2D eigenvalue weighted by atomic mass is 16.6. The standard InChI is InChI=1S/C38H32N2O.C37H29N3O2/c1-39(37-14-9-15-38(28-37)41-2)33-22-16-31(17-23-33)32-20-26-36(27-21-32)40(34-12-7-4-8-13-34)35-24-18-30(19-25-35)29-10-5-3-6-11-29;1-38(33-24-26-37(27-25-33)40(41)42)32-18-12-30(13-19-32)31-16-22-36(23-17-31)39(34-10-6-3-7-11-34)35-20-14-29(15-21-35)28-8-4-2-5-9-28/h3-28H,1-2H3;2-27H,1H3. The zero-order chi connectivity index (χ0) is 56.9. The summed E-state index contributed by atoms with van der Waals surface area (Å²) < 4.78 is 5.39. The molecule has 0 saturated carbocycles. The zero-order valence-corrected chi connectivity index (χ0v) is 46.5. The number of ether oxygens (including phenoxy) is 1. The number of rotatable bonds is 16. The van der Waals surface area contributed by atoms with E-state index in [-0.39, 0.29) is 10.6 Å². The quantitative estimate of drug-likeness (QED) is 0.0705. The van der Waals surface area contributed by atoms with Crippen LogP contribution in [0, 0.1) is 10.1 Å². The number of non-ortho nitro benzene ring substituents is 1. The van der Waals surface area contributed by atoms with Gasteiger partial charge in [-0.3, -0.25) is 10.1 Å². The van der Waals surface area contributed by atoms with Crippen LogP contribution in [0.5, 0.6) is 5.75 Å². The minimum Gasteiger partial charge on any atom is -0.497 e. The Balaban J connectivity index is 0.000000174. The normalized spacial score (nSPS) is 10.7. The van der Waals surface area contributed by atoms with E-state index in [2.05, 4.69) is 277 Å². The summed E-state index contributed by atoms with van der Waals surface area (Å²) in [6.45, 7) is 0. The summed E-state index contributed by atoms with van der Waals surface area (Å²) in [5.74, 6) is 0.850. The number of anilines is 10. The molecule has 404 valence electrons. The summed E-state index contributed by atoms with van der Waals surface area (Å²) in [5, 5.41) is 11.0. The molecule has 0 atom stereocenters. The minimum absolute atomic E-state index is 0.0842. The van der Waals surface area contributed by atoms with E-state index in [9.17, 15) is 10.1 Å². The highest BCUT2D eigenvalue weighted by molar-refractivity contribution is 5.82. The molecule has 12 rings (SSSR count). The van der Waals surface area contributed by atoms with Crippen molar-refractivity contribution in [2.24, 2.45) is 0 Å². The van der Waals surface area contributed by atoms with Crippen LogP contribution >= 0.6 is 0 Å². The van der Waals surface area contributed by atoms with Gasteiger partial charge in [0.15, 0.2) is 0 Å². The number of nitrogens with zero attached hydrogens (tertiary/aromatic N) is 5. The largest absolute Gasteiger partial charge is 0.497 e. The fourth-order valence-electron chi connectivity index (χ4n) is 10.2. The fourth-order valence-corrected chi connectivity index (χ4v) is 10.2. The first-order valence-electron chi connectivity index (χ1n) is 27.5. The second-order valence-corrected chi connectivity index (χ2v) is 19.9. The van der Waals surface area contributed by atoms with Gasteiger partial charge in [-0.25, -0.2) is 0 Å². The molecule has 12 aromatic carbocycles. The number of nitro groups is 1. The average molecular weight is 1080 g/mol. The molecule has 0 heterocycles. The van der Waals surface area contributed by atoms with Gasteiger partial charge in [-0.15, -0.1) is 0 Å². The molecule has 0 bridgehead atoms. The van der Waals surface area contributed by atoms with Crippen molar-refractivity contribution in [2.75, 3.05) is 40.8 Å². The van der Waals surface area contributed by atoms with Crippen LogP contribution in [0.2, 0.25) is 0 Å². The molecule has 0 aliphatic heterocycles. The lowest BCUT2D eigenvalue weighted by atomic mass is 10.0. The highest BCUT2D eigenvalue weighted by Gasteiger charge is 2.16. The fraction of sp³-hybridized carbons (Fsp3) is 0.0400. The van der Waals surface area contributed by atoms with Crippen molar-refractivity contribution < 1.29 is 9.66 Å². The number of hydrogen-bond donors (Lipinski definition) is 0. The van der Waals surface area contributed by atoms with Gasteiger partial charge in [0.25, 0.3) is 5.69 Å². The molecule has 0 aromatic heterocycles. The van der Waals surface area contributed by atoms with Crippen LogP contribution in [0.1, 0.15) is 0 Å².